The number of hydrogen-bond donors (Lipinski definition) is 3. The summed E-state index contributed by atoms with van der Waals surface area (Å²) in [6.07, 6.45) is -0.876. The van der Waals surface area contributed by atoms with Gasteiger partial charge in [-0.3, -0.25) is 15.0 Å². The van der Waals surface area contributed by atoms with Crippen LogP contribution in [0, 0.1) is 5.82 Å². The Hall–Kier alpha value is -2.15. The first kappa shape index (κ1) is 12.9. The van der Waals surface area contributed by atoms with Crippen molar-refractivity contribution in [1.82, 2.24) is 5.43 Å². The lowest BCUT2D eigenvalue weighted by Gasteiger charge is -2.13. The number of amides is 2. The first-order chi connectivity index (χ1) is 7.95. The molecule has 5 N–H and O–H groups in total. The molecular weight excluding hydrogens is 229 g/mol. The lowest BCUT2D eigenvalue weighted by Crippen LogP contribution is -2.40. The Bertz CT molecular complexity index is 450. The zero-order valence-corrected chi connectivity index (χ0v) is 9.07. The van der Waals surface area contributed by atoms with E-state index in [0.717, 1.165) is 6.07 Å². The SMILES string of the molecule is CC(Oc1ccc(C(N)=O)c(F)c1)C(=O)NN. The first-order valence-corrected chi connectivity index (χ1v) is 4.72. The van der Waals surface area contributed by atoms with Gasteiger partial charge in [-0.2, -0.15) is 0 Å². The maximum atomic E-state index is 13.3. The summed E-state index contributed by atoms with van der Waals surface area (Å²) >= 11 is 0. The van der Waals surface area contributed by atoms with Crippen LogP contribution in [0.25, 0.3) is 0 Å². The highest BCUT2D eigenvalue weighted by Crippen LogP contribution is 2.17. The second-order valence-electron chi connectivity index (χ2n) is 3.27. The standard InChI is InChI=1S/C10H12FN3O3/c1-5(10(16)14-13)17-6-2-3-7(9(12)15)8(11)4-6/h2-5H,13H2,1H3,(H2,12,15)(H,14,16). The van der Waals surface area contributed by atoms with Crippen molar-refractivity contribution < 1.29 is 18.7 Å². The summed E-state index contributed by atoms with van der Waals surface area (Å²) in [6.45, 7) is 1.45. The Morgan fingerprint density at radius 2 is 2.12 bits per heavy atom. The number of rotatable bonds is 4. The Balaban J connectivity index is 2.84. The predicted octanol–water partition coefficient (Wildman–Crippen LogP) is -0.318. The fourth-order valence-corrected chi connectivity index (χ4v) is 1.14. The van der Waals surface area contributed by atoms with Gasteiger partial charge in [0.2, 0.25) is 0 Å². The Kier molecular flexibility index (Phi) is 4.00. The minimum Gasteiger partial charge on any atom is -0.481 e. The smallest absolute Gasteiger partial charge is 0.274 e. The largest absolute Gasteiger partial charge is 0.481 e. The highest BCUT2D eigenvalue weighted by atomic mass is 19.1. The highest BCUT2D eigenvalue weighted by molar-refractivity contribution is 5.93. The van der Waals surface area contributed by atoms with Gasteiger partial charge in [0, 0.05) is 6.07 Å². The van der Waals surface area contributed by atoms with Gasteiger partial charge in [0.1, 0.15) is 11.6 Å². The number of nitrogens with two attached hydrogens (primary N) is 2. The van der Waals surface area contributed by atoms with Crippen molar-refractivity contribution in [3.63, 3.8) is 0 Å². The Labute approximate surface area is 96.7 Å². The molecule has 2 amide bonds. The molecule has 7 heteroatoms. The quantitative estimate of drug-likeness (QED) is 0.381. The van der Waals surface area contributed by atoms with E-state index in [4.69, 9.17) is 16.3 Å². The molecule has 0 fully saturated rings. The van der Waals surface area contributed by atoms with E-state index < -0.39 is 23.7 Å². The first-order valence-electron chi connectivity index (χ1n) is 4.72. The van der Waals surface area contributed by atoms with Gasteiger partial charge < -0.3 is 10.5 Å². The van der Waals surface area contributed by atoms with E-state index in [2.05, 4.69) is 0 Å². The molecule has 1 atom stereocenters. The summed E-state index contributed by atoms with van der Waals surface area (Å²) in [7, 11) is 0. The second kappa shape index (κ2) is 5.26. The summed E-state index contributed by atoms with van der Waals surface area (Å²) in [4.78, 5) is 21.8. The van der Waals surface area contributed by atoms with E-state index in [1.807, 2.05) is 5.43 Å². The summed E-state index contributed by atoms with van der Waals surface area (Å²) in [5.41, 5.74) is 6.59. The van der Waals surface area contributed by atoms with Crippen LogP contribution in [0.1, 0.15) is 17.3 Å². The summed E-state index contributed by atoms with van der Waals surface area (Å²) < 4.78 is 18.4. The van der Waals surface area contributed by atoms with Crippen LogP contribution in [-0.4, -0.2) is 17.9 Å². The molecule has 0 saturated carbocycles. The molecule has 0 aliphatic heterocycles. The van der Waals surface area contributed by atoms with Crippen molar-refractivity contribution in [2.24, 2.45) is 11.6 Å². The van der Waals surface area contributed by atoms with Crippen LogP contribution in [-0.2, 0) is 4.79 Å². The highest BCUT2D eigenvalue weighted by Gasteiger charge is 2.15. The van der Waals surface area contributed by atoms with E-state index in [0.29, 0.717) is 0 Å². The molecular formula is C10H12FN3O3. The minimum atomic E-state index is -0.876. The molecule has 0 aromatic heterocycles. The second-order valence-corrected chi connectivity index (χ2v) is 3.27. The number of ether oxygens (including phenoxy) is 1. The van der Waals surface area contributed by atoms with E-state index >= 15 is 0 Å². The molecule has 0 aliphatic carbocycles. The third-order valence-electron chi connectivity index (χ3n) is 2.03. The van der Waals surface area contributed by atoms with Crippen LogP contribution in [0.3, 0.4) is 0 Å². The van der Waals surface area contributed by atoms with Gasteiger partial charge in [-0.15, -0.1) is 0 Å². The van der Waals surface area contributed by atoms with E-state index in [-0.39, 0.29) is 11.3 Å². The van der Waals surface area contributed by atoms with Gasteiger partial charge in [-0.05, 0) is 19.1 Å². The molecule has 0 aliphatic rings. The van der Waals surface area contributed by atoms with E-state index in [1.54, 1.807) is 0 Å². The Morgan fingerprint density at radius 3 is 2.59 bits per heavy atom. The van der Waals surface area contributed by atoms with Gasteiger partial charge in [0.25, 0.3) is 11.8 Å². The molecule has 92 valence electrons. The van der Waals surface area contributed by atoms with Gasteiger partial charge >= 0.3 is 0 Å². The molecule has 0 spiro atoms. The van der Waals surface area contributed by atoms with Crippen molar-refractivity contribution in [2.75, 3.05) is 0 Å². The third-order valence-corrected chi connectivity index (χ3v) is 2.03. The molecule has 0 heterocycles. The van der Waals surface area contributed by atoms with Crippen LogP contribution >= 0.6 is 0 Å². The van der Waals surface area contributed by atoms with Crippen molar-refractivity contribution in [1.29, 1.82) is 0 Å². The number of nitrogens with one attached hydrogen (secondary N) is 1. The number of benzene rings is 1. The maximum Gasteiger partial charge on any atom is 0.274 e. The molecule has 17 heavy (non-hydrogen) atoms. The average molecular weight is 241 g/mol. The summed E-state index contributed by atoms with van der Waals surface area (Å²) in [6, 6.07) is 3.49. The van der Waals surface area contributed by atoms with Crippen molar-refractivity contribution in [3.8, 4) is 5.75 Å². The van der Waals surface area contributed by atoms with E-state index in [9.17, 15) is 14.0 Å². The van der Waals surface area contributed by atoms with Crippen LogP contribution in [0.4, 0.5) is 4.39 Å². The summed E-state index contributed by atoms with van der Waals surface area (Å²) in [5, 5.41) is 0. The van der Waals surface area contributed by atoms with E-state index in [1.165, 1.54) is 19.1 Å². The van der Waals surface area contributed by atoms with Gasteiger partial charge in [-0.1, -0.05) is 0 Å². The molecule has 1 aromatic rings. The fraction of sp³-hybridized carbons (Fsp3) is 0.200. The molecule has 0 bridgehead atoms. The number of carbonyl (C=O) groups is 2. The molecule has 0 saturated heterocycles. The van der Waals surface area contributed by atoms with Gasteiger partial charge in [-0.25, -0.2) is 10.2 Å². The molecule has 0 radical (unpaired) electrons. The average Bonchev–Trinajstić information content (AvgIpc) is 2.27. The third kappa shape index (κ3) is 3.15. The normalized spacial score (nSPS) is 11.7. The Morgan fingerprint density at radius 1 is 1.47 bits per heavy atom. The lowest BCUT2D eigenvalue weighted by atomic mass is 10.2. The topological polar surface area (TPSA) is 107 Å². The van der Waals surface area contributed by atoms with Crippen LogP contribution in [0.5, 0.6) is 5.75 Å². The number of halogens is 1. The summed E-state index contributed by atoms with van der Waals surface area (Å²) in [5.74, 6) is 2.77. The number of primary amides is 1. The minimum absolute atomic E-state index is 0.101. The zero-order chi connectivity index (χ0) is 13.0. The molecule has 1 aromatic carbocycles. The lowest BCUT2D eigenvalue weighted by molar-refractivity contribution is -0.127. The number of carbonyl (C=O) groups excluding carboxylic acids is 2. The van der Waals surface area contributed by atoms with Gasteiger partial charge in [0.05, 0.1) is 5.56 Å². The number of hydrazine groups is 1. The fourth-order valence-electron chi connectivity index (χ4n) is 1.14. The van der Waals surface area contributed by atoms with Gasteiger partial charge in [0.15, 0.2) is 6.10 Å². The molecule has 1 rings (SSSR count). The van der Waals surface area contributed by atoms with Crippen LogP contribution in [0.15, 0.2) is 18.2 Å². The zero-order valence-electron chi connectivity index (χ0n) is 9.07. The van der Waals surface area contributed by atoms with Crippen LogP contribution in [0.2, 0.25) is 0 Å². The van der Waals surface area contributed by atoms with Crippen molar-refractivity contribution >= 4 is 11.8 Å². The predicted molar refractivity (Wildman–Crippen MR) is 57.3 cm³/mol. The maximum absolute atomic E-state index is 13.3. The molecule has 6 nitrogen and oxygen atoms in total. The number of hydrogen-bond acceptors (Lipinski definition) is 4. The van der Waals surface area contributed by atoms with Crippen LogP contribution < -0.4 is 21.7 Å². The van der Waals surface area contributed by atoms with Crippen molar-refractivity contribution in [3.05, 3.63) is 29.6 Å². The monoisotopic (exact) mass is 241 g/mol. The molecule has 1 unspecified atom stereocenters. The van der Waals surface area contributed by atoms with Crippen molar-refractivity contribution in [2.45, 2.75) is 13.0 Å².